The lowest BCUT2D eigenvalue weighted by Gasteiger charge is -2.23. The van der Waals surface area contributed by atoms with Gasteiger partial charge < -0.3 is 16.2 Å². The molecule has 4 N–H and O–H groups in total. The van der Waals surface area contributed by atoms with Gasteiger partial charge in [0.1, 0.15) is 5.54 Å². The largest absolute Gasteiger partial charge is 0.481 e. The summed E-state index contributed by atoms with van der Waals surface area (Å²) in [5.74, 6) is -0.342. The molecule has 3 aromatic rings. The number of ether oxygens (including phenoxy) is 1. The smallest absolute Gasteiger partial charge is 0.242 e. The number of primary amides is 1. The monoisotopic (exact) mass is 321 g/mol. The van der Waals surface area contributed by atoms with Crippen LogP contribution in [0.4, 0.5) is 0 Å². The standard InChI is InChI=1S/C19H19N3O2/c1-19(21,18(20)23)15-9-10-16(22-17(15)24-2)14-8-7-12-5-3-4-6-13(12)11-14/h3-11H,21H2,1-2H3,(H2,20,23). The quantitative estimate of drug-likeness (QED) is 0.772. The van der Waals surface area contributed by atoms with Crippen LogP contribution < -0.4 is 16.2 Å². The minimum absolute atomic E-state index is 0.296. The van der Waals surface area contributed by atoms with Crippen molar-refractivity contribution in [3.8, 4) is 17.1 Å². The fourth-order valence-electron chi connectivity index (χ4n) is 2.63. The third-order valence-corrected chi connectivity index (χ3v) is 4.17. The number of carbonyl (C=O) groups is 1. The number of nitrogens with zero attached hydrogens (tertiary/aromatic N) is 1. The number of pyridine rings is 1. The molecule has 5 nitrogen and oxygen atoms in total. The summed E-state index contributed by atoms with van der Waals surface area (Å²) in [5, 5.41) is 2.29. The molecule has 0 spiro atoms. The zero-order valence-corrected chi connectivity index (χ0v) is 13.6. The first kappa shape index (κ1) is 16.0. The SMILES string of the molecule is COc1nc(-c2ccc3ccccc3c2)ccc1C(C)(N)C(N)=O. The molecular weight excluding hydrogens is 302 g/mol. The Kier molecular flexibility index (Phi) is 3.95. The summed E-state index contributed by atoms with van der Waals surface area (Å²) in [4.78, 5) is 16.1. The summed E-state index contributed by atoms with van der Waals surface area (Å²) in [6, 6.07) is 17.8. The third-order valence-electron chi connectivity index (χ3n) is 4.17. The lowest BCUT2D eigenvalue weighted by atomic mass is 9.92. The van der Waals surface area contributed by atoms with E-state index in [2.05, 4.69) is 23.2 Å². The molecule has 1 amide bonds. The molecule has 0 radical (unpaired) electrons. The maximum absolute atomic E-state index is 11.6. The molecule has 3 rings (SSSR count). The number of fused-ring (bicyclic) bond motifs is 1. The van der Waals surface area contributed by atoms with Gasteiger partial charge in [-0.25, -0.2) is 4.98 Å². The summed E-state index contributed by atoms with van der Waals surface area (Å²) in [6.07, 6.45) is 0. The molecule has 1 aromatic heterocycles. The average molecular weight is 321 g/mol. The van der Waals surface area contributed by atoms with Gasteiger partial charge in [-0.15, -0.1) is 0 Å². The second kappa shape index (κ2) is 5.94. The maximum atomic E-state index is 11.6. The number of nitrogens with two attached hydrogens (primary N) is 2. The molecule has 1 unspecified atom stereocenters. The number of amides is 1. The van der Waals surface area contributed by atoms with Gasteiger partial charge in [0.2, 0.25) is 11.8 Å². The van der Waals surface area contributed by atoms with E-state index in [1.54, 1.807) is 13.0 Å². The number of methoxy groups -OCH3 is 1. The Morgan fingerprint density at radius 1 is 1.08 bits per heavy atom. The van der Waals surface area contributed by atoms with Crippen LogP contribution in [0.1, 0.15) is 12.5 Å². The molecule has 5 heteroatoms. The fraction of sp³-hybridized carbons (Fsp3) is 0.158. The Labute approximate surface area is 140 Å². The van der Waals surface area contributed by atoms with Gasteiger partial charge in [0.25, 0.3) is 0 Å². The van der Waals surface area contributed by atoms with Gasteiger partial charge in [-0.05, 0) is 35.9 Å². The minimum Gasteiger partial charge on any atom is -0.481 e. The predicted molar refractivity (Wildman–Crippen MR) is 94.5 cm³/mol. The van der Waals surface area contributed by atoms with E-state index in [9.17, 15) is 4.79 Å². The summed E-state index contributed by atoms with van der Waals surface area (Å²) in [7, 11) is 1.49. The van der Waals surface area contributed by atoms with Crippen LogP contribution in [0.15, 0.2) is 54.6 Å². The molecule has 0 aliphatic carbocycles. The first-order valence-corrected chi connectivity index (χ1v) is 7.57. The van der Waals surface area contributed by atoms with Crippen molar-refractivity contribution in [3.05, 3.63) is 60.2 Å². The van der Waals surface area contributed by atoms with Gasteiger partial charge in [-0.1, -0.05) is 36.4 Å². The third kappa shape index (κ3) is 2.70. The Bertz CT molecular complexity index is 919. The van der Waals surface area contributed by atoms with Gasteiger partial charge in [-0.2, -0.15) is 0 Å². The van der Waals surface area contributed by atoms with E-state index in [1.165, 1.54) is 7.11 Å². The highest BCUT2D eigenvalue weighted by atomic mass is 16.5. The zero-order chi connectivity index (χ0) is 17.3. The van der Waals surface area contributed by atoms with Crippen LogP contribution in [-0.2, 0) is 10.3 Å². The van der Waals surface area contributed by atoms with E-state index < -0.39 is 11.4 Å². The molecule has 1 heterocycles. The number of benzene rings is 2. The molecule has 0 aliphatic rings. The number of rotatable bonds is 4. The van der Waals surface area contributed by atoms with E-state index in [-0.39, 0.29) is 0 Å². The van der Waals surface area contributed by atoms with E-state index >= 15 is 0 Å². The van der Waals surface area contributed by atoms with Gasteiger partial charge >= 0.3 is 0 Å². The van der Waals surface area contributed by atoms with Crippen LogP contribution in [0, 0.1) is 0 Å². The molecule has 122 valence electrons. The number of hydrogen-bond donors (Lipinski definition) is 2. The maximum Gasteiger partial charge on any atom is 0.242 e. The summed E-state index contributed by atoms with van der Waals surface area (Å²) in [6.45, 7) is 1.55. The normalized spacial score (nSPS) is 13.5. The lowest BCUT2D eigenvalue weighted by molar-refractivity contribution is -0.122. The van der Waals surface area contributed by atoms with Crippen LogP contribution in [-0.4, -0.2) is 18.0 Å². The Balaban J connectivity index is 2.10. The van der Waals surface area contributed by atoms with Crippen molar-refractivity contribution in [1.82, 2.24) is 4.98 Å². The Morgan fingerprint density at radius 3 is 2.46 bits per heavy atom. The van der Waals surface area contributed by atoms with Crippen LogP contribution >= 0.6 is 0 Å². The molecule has 0 fully saturated rings. The molecule has 0 saturated carbocycles. The van der Waals surface area contributed by atoms with Crippen LogP contribution in [0.25, 0.3) is 22.0 Å². The highest BCUT2D eigenvalue weighted by molar-refractivity contribution is 5.88. The molecule has 24 heavy (non-hydrogen) atoms. The molecule has 2 aromatic carbocycles. The van der Waals surface area contributed by atoms with E-state index in [1.807, 2.05) is 30.3 Å². The molecule has 0 bridgehead atoms. The van der Waals surface area contributed by atoms with Crippen molar-refractivity contribution in [1.29, 1.82) is 0 Å². The van der Waals surface area contributed by atoms with E-state index in [4.69, 9.17) is 16.2 Å². The first-order valence-electron chi connectivity index (χ1n) is 7.57. The van der Waals surface area contributed by atoms with Crippen LogP contribution in [0.5, 0.6) is 5.88 Å². The van der Waals surface area contributed by atoms with Gasteiger partial charge in [-0.3, -0.25) is 4.79 Å². The second-order valence-electron chi connectivity index (χ2n) is 5.88. The van der Waals surface area contributed by atoms with Crippen molar-refractivity contribution in [2.75, 3.05) is 7.11 Å². The highest BCUT2D eigenvalue weighted by Crippen LogP contribution is 2.30. The molecular formula is C19H19N3O2. The highest BCUT2D eigenvalue weighted by Gasteiger charge is 2.32. The first-order chi connectivity index (χ1) is 11.4. The van der Waals surface area contributed by atoms with Crippen LogP contribution in [0.3, 0.4) is 0 Å². The van der Waals surface area contributed by atoms with Crippen molar-refractivity contribution < 1.29 is 9.53 Å². The van der Waals surface area contributed by atoms with Crippen molar-refractivity contribution in [3.63, 3.8) is 0 Å². The number of hydrogen-bond acceptors (Lipinski definition) is 4. The number of carbonyl (C=O) groups excluding carboxylic acids is 1. The topological polar surface area (TPSA) is 91.2 Å². The summed E-state index contributed by atoms with van der Waals surface area (Å²) in [5.41, 5.74) is 12.2. The van der Waals surface area contributed by atoms with Crippen LogP contribution in [0.2, 0.25) is 0 Å². The molecule has 0 saturated heterocycles. The van der Waals surface area contributed by atoms with Crippen molar-refractivity contribution in [2.45, 2.75) is 12.5 Å². The van der Waals surface area contributed by atoms with Gasteiger partial charge in [0.05, 0.1) is 12.8 Å². The van der Waals surface area contributed by atoms with E-state index in [0.29, 0.717) is 11.4 Å². The molecule has 0 aliphatic heterocycles. The van der Waals surface area contributed by atoms with Crippen molar-refractivity contribution in [2.24, 2.45) is 11.5 Å². The summed E-state index contributed by atoms with van der Waals surface area (Å²) >= 11 is 0. The zero-order valence-electron chi connectivity index (χ0n) is 13.6. The second-order valence-corrected chi connectivity index (χ2v) is 5.88. The minimum atomic E-state index is -1.35. The van der Waals surface area contributed by atoms with Gasteiger partial charge in [0, 0.05) is 11.1 Å². The Morgan fingerprint density at radius 2 is 1.79 bits per heavy atom. The van der Waals surface area contributed by atoms with Crippen molar-refractivity contribution >= 4 is 16.7 Å². The number of aromatic nitrogens is 1. The predicted octanol–water partition coefficient (Wildman–Crippen LogP) is 2.57. The fourth-order valence-corrected chi connectivity index (χ4v) is 2.63. The van der Waals surface area contributed by atoms with E-state index in [0.717, 1.165) is 22.0 Å². The summed E-state index contributed by atoms with van der Waals surface area (Å²) < 4.78 is 5.33. The molecule has 1 atom stereocenters. The Hall–Kier alpha value is -2.92. The van der Waals surface area contributed by atoms with Gasteiger partial charge in [0.15, 0.2) is 0 Å². The lowest BCUT2D eigenvalue weighted by Crippen LogP contribution is -2.46. The average Bonchev–Trinajstić information content (AvgIpc) is 2.60.